The molecule has 0 N–H and O–H groups in total. The second kappa shape index (κ2) is 12.3. The molecule has 0 aromatic carbocycles. The molecule has 0 saturated heterocycles. The van der Waals surface area contributed by atoms with Gasteiger partial charge in [0.05, 0.1) is 23.9 Å². The van der Waals surface area contributed by atoms with Gasteiger partial charge < -0.3 is 9.47 Å². The molecule has 24 heavy (non-hydrogen) atoms. The molecule has 0 radical (unpaired) electrons. The maximum Gasteiger partial charge on any atom is 0.0991 e. The summed E-state index contributed by atoms with van der Waals surface area (Å²) in [5.41, 5.74) is -0.206. The molecule has 0 saturated carbocycles. The number of ether oxygens (including phenoxy) is 2. The standard InChI is InChI=1S/C22H46O2/c1-10-11-12-13-14-15-16-21(23-19(6)7)22(17(2)3,18(4)5)24-20(8)9/h17-21H,10-16H2,1-9H3. The number of hydrogen-bond acceptors (Lipinski definition) is 2. The van der Waals surface area contributed by atoms with Gasteiger partial charge in [0.2, 0.25) is 0 Å². The van der Waals surface area contributed by atoms with Crippen LogP contribution >= 0.6 is 0 Å². The maximum absolute atomic E-state index is 6.59. The van der Waals surface area contributed by atoms with Gasteiger partial charge in [0.25, 0.3) is 0 Å². The summed E-state index contributed by atoms with van der Waals surface area (Å²) >= 11 is 0. The molecule has 1 unspecified atom stereocenters. The topological polar surface area (TPSA) is 18.5 Å². The third-order valence-electron chi connectivity index (χ3n) is 5.00. The Bertz CT molecular complexity index is 286. The van der Waals surface area contributed by atoms with Gasteiger partial charge in [0.15, 0.2) is 0 Å². The summed E-state index contributed by atoms with van der Waals surface area (Å²) in [7, 11) is 0. The third-order valence-corrected chi connectivity index (χ3v) is 5.00. The Morgan fingerprint density at radius 2 is 1.17 bits per heavy atom. The van der Waals surface area contributed by atoms with Gasteiger partial charge in [0, 0.05) is 0 Å². The van der Waals surface area contributed by atoms with E-state index in [1.807, 2.05) is 0 Å². The first-order valence-electron chi connectivity index (χ1n) is 10.5. The van der Waals surface area contributed by atoms with Crippen molar-refractivity contribution < 1.29 is 9.47 Å². The van der Waals surface area contributed by atoms with Crippen LogP contribution in [0.1, 0.15) is 107 Å². The van der Waals surface area contributed by atoms with Crippen molar-refractivity contribution >= 4 is 0 Å². The number of rotatable bonds is 14. The first-order chi connectivity index (χ1) is 11.2. The molecular weight excluding hydrogens is 296 g/mol. The summed E-state index contributed by atoms with van der Waals surface area (Å²) in [6.07, 6.45) is 9.68. The molecule has 146 valence electrons. The Morgan fingerprint density at radius 1 is 0.667 bits per heavy atom. The average molecular weight is 343 g/mol. The number of hydrogen-bond donors (Lipinski definition) is 0. The van der Waals surface area contributed by atoms with E-state index in [9.17, 15) is 0 Å². The van der Waals surface area contributed by atoms with Gasteiger partial charge in [-0.1, -0.05) is 73.1 Å². The van der Waals surface area contributed by atoms with Crippen molar-refractivity contribution in [1.82, 2.24) is 0 Å². The van der Waals surface area contributed by atoms with E-state index in [-0.39, 0.29) is 23.9 Å². The highest BCUT2D eigenvalue weighted by atomic mass is 16.6. The second-order valence-electron chi connectivity index (χ2n) is 8.56. The maximum atomic E-state index is 6.59. The van der Waals surface area contributed by atoms with Crippen molar-refractivity contribution in [3.8, 4) is 0 Å². The molecule has 0 aliphatic carbocycles. The summed E-state index contributed by atoms with van der Waals surface area (Å²) in [5.74, 6) is 0.868. The zero-order chi connectivity index (χ0) is 18.8. The lowest BCUT2D eigenvalue weighted by atomic mass is 9.74. The van der Waals surface area contributed by atoms with E-state index in [0.717, 1.165) is 6.42 Å². The van der Waals surface area contributed by atoms with E-state index < -0.39 is 0 Å². The average Bonchev–Trinajstić information content (AvgIpc) is 2.45. The molecule has 0 aliphatic rings. The molecule has 0 heterocycles. The van der Waals surface area contributed by atoms with Crippen LogP contribution in [0.4, 0.5) is 0 Å². The highest BCUT2D eigenvalue weighted by molar-refractivity contribution is 4.96. The van der Waals surface area contributed by atoms with Crippen LogP contribution in [0.25, 0.3) is 0 Å². The first kappa shape index (κ1) is 23.9. The Balaban J connectivity index is 5.08. The van der Waals surface area contributed by atoms with Gasteiger partial charge >= 0.3 is 0 Å². The molecular formula is C22H46O2. The van der Waals surface area contributed by atoms with Crippen molar-refractivity contribution in [2.75, 3.05) is 0 Å². The summed E-state index contributed by atoms with van der Waals surface area (Å²) < 4.78 is 13.0. The van der Waals surface area contributed by atoms with E-state index in [1.165, 1.54) is 38.5 Å². The molecule has 0 fully saturated rings. The molecule has 0 spiro atoms. The largest absolute Gasteiger partial charge is 0.373 e. The quantitative estimate of drug-likeness (QED) is 0.316. The summed E-state index contributed by atoms with van der Waals surface area (Å²) in [4.78, 5) is 0. The third kappa shape index (κ3) is 7.87. The summed E-state index contributed by atoms with van der Waals surface area (Å²) in [6, 6.07) is 0. The van der Waals surface area contributed by atoms with E-state index in [0.29, 0.717) is 11.8 Å². The van der Waals surface area contributed by atoms with E-state index >= 15 is 0 Å². The van der Waals surface area contributed by atoms with Crippen molar-refractivity contribution in [3.63, 3.8) is 0 Å². The fourth-order valence-electron chi connectivity index (χ4n) is 4.01. The van der Waals surface area contributed by atoms with E-state index in [2.05, 4.69) is 62.3 Å². The van der Waals surface area contributed by atoms with Crippen LogP contribution < -0.4 is 0 Å². The molecule has 2 nitrogen and oxygen atoms in total. The molecule has 0 amide bonds. The minimum absolute atomic E-state index is 0.172. The smallest absolute Gasteiger partial charge is 0.0991 e. The normalized spacial score (nSPS) is 14.4. The zero-order valence-corrected chi connectivity index (χ0v) is 18.2. The number of unbranched alkanes of at least 4 members (excludes halogenated alkanes) is 5. The minimum Gasteiger partial charge on any atom is -0.373 e. The zero-order valence-electron chi connectivity index (χ0n) is 18.2. The van der Waals surface area contributed by atoms with Gasteiger partial charge in [-0.05, 0) is 46.0 Å². The lowest BCUT2D eigenvalue weighted by molar-refractivity contribution is -0.220. The van der Waals surface area contributed by atoms with Crippen LogP contribution in [0.5, 0.6) is 0 Å². The van der Waals surface area contributed by atoms with Crippen LogP contribution in [-0.2, 0) is 9.47 Å². The lowest BCUT2D eigenvalue weighted by Gasteiger charge is -2.48. The molecule has 0 bridgehead atoms. The highest BCUT2D eigenvalue weighted by Gasteiger charge is 2.47. The Kier molecular flexibility index (Phi) is 12.3. The molecule has 0 aromatic heterocycles. The van der Waals surface area contributed by atoms with Crippen LogP contribution in [0, 0.1) is 11.8 Å². The minimum atomic E-state index is -0.206. The van der Waals surface area contributed by atoms with Gasteiger partial charge in [-0.15, -0.1) is 0 Å². The van der Waals surface area contributed by atoms with Gasteiger partial charge in [0.1, 0.15) is 0 Å². The molecule has 0 aliphatic heterocycles. The van der Waals surface area contributed by atoms with Gasteiger partial charge in [-0.2, -0.15) is 0 Å². The van der Waals surface area contributed by atoms with Crippen molar-refractivity contribution in [2.45, 2.75) is 131 Å². The van der Waals surface area contributed by atoms with Gasteiger partial charge in [-0.3, -0.25) is 0 Å². The fourth-order valence-corrected chi connectivity index (χ4v) is 4.01. The summed E-state index contributed by atoms with van der Waals surface area (Å²) in [6.45, 7) is 20.0. The van der Waals surface area contributed by atoms with Crippen molar-refractivity contribution in [1.29, 1.82) is 0 Å². The van der Waals surface area contributed by atoms with Crippen LogP contribution in [0.3, 0.4) is 0 Å². The highest BCUT2D eigenvalue weighted by Crippen LogP contribution is 2.39. The van der Waals surface area contributed by atoms with Crippen molar-refractivity contribution in [2.24, 2.45) is 11.8 Å². The Labute approximate surface area is 153 Å². The first-order valence-corrected chi connectivity index (χ1v) is 10.5. The van der Waals surface area contributed by atoms with Crippen molar-refractivity contribution in [3.05, 3.63) is 0 Å². The Hall–Kier alpha value is -0.0800. The van der Waals surface area contributed by atoms with Crippen LogP contribution in [0.15, 0.2) is 0 Å². The predicted molar refractivity (Wildman–Crippen MR) is 107 cm³/mol. The lowest BCUT2D eigenvalue weighted by Crippen LogP contribution is -2.56. The summed E-state index contributed by atoms with van der Waals surface area (Å²) in [5, 5.41) is 0. The molecule has 2 heteroatoms. The van der Waals surface area contributed by atoms with Crippen LogP contribution in [-0.4, -0.2) is 23.9 Å². The second-order valence-corrected chi connectivity index (χ2v) is 8.56. The predicted octanol–water partition coefficient (Wildman–Crippen LogP) is 7.01. The van der Waals surface area contributed by atoms with E-state index in [1.54, 1.807) is 0 Å². The van der Waals surface area contributed by atoms with E-state index in [4.69, 9.17) is 9.47 Å². The SMILES string of the molecule is CCCCCCCCC(OC(C)C)C(OC(C)C)(C(C)C)C(C)C. The van der Waals surface area contributed by atoms with Gasteiger partial charge in [-0.25, -0.2) is 0 Å². The van der Waals surface area contributed by atoms with Crippen LogP contribution in [0.2, 0.25) is 0 Å². The molecule has 0 aromatic rings. The fraction of sp³-hybridized carbons (Fsp3) is 1.00. The monoisotopic (exact) mass is 342 g/mol. The molecule has 0 rings (SSSR count). The molecule has 1 atom stereocenters. The Morgan fingerprint density at radius 3 is 1.58 bits per heavy atom.